The molecule has 1 spiro atoms. The van der Waals surface area contributed by atoms with Crippen molar-refractivity contribution in [3.8, 4) is 0 Å². The number of imide groups is 1. The second-order valence-corrected chi connectivity index (χ2v) is 9.96. The van der Waals surface area contributed by atoms with E-state index in [1.54, 1.807) is 16.7 Å². The first-order valence-electron chi connectivity index (χ1n) is 10.6. The fourth-order valence-electron chi connectivity index (χ4n) is 6.14. The second-order valence-electron chi connectivity index (χ2n) is 8.97. The Bertz CT molecular complexity index is 897. The molecule has 0 radical (unpaired) electrons. The number of carbonyl (C=O) groups excluding carboxylic acids is 3. The Hall–Kier alpha value is -1.86. The van der Waals surface area contributed by atoms with Gasteiger partial charge >= 0.3 is 0 Å². The highest BCUT2D eigenvalue weighted by molar-refractivity contribution is 7.98. The molecule has 5 rings (SSSR count). The molecule has 1 aromatic rings. The molecule has 4 atom stereocenters. The van der Waals surface area contributed by atoms with Crippen molar-refractivity contribution in [1.82, 2.24) is 4.90 Å². The molecule has 3 fully saturated rings. The standard InChI is InChI=1S/C22H27N3O3S/c1-12-7-8-15-14(11-12)22(21(28)23-15)18-17(16(24-22)9-10-29-2)19(26)25(20(18)27)13-5-3-4-6-13/h7-8,11,13,16-18,24H,3-6,9-10H2,1-2H3,(H,23,28)/p+1/t16-,17-,18+,22+/m1/s1. The molecular formula is C22H28N3O3S+. The number of benzene rings is 1. The summed E-state index contributed by atoms with van der Waals surface area (Å²) in [4.78, 5) is 42.2. The monoisotopic (exact) mass is 414 g/mol. The number of hydrogen-bond donors (Lipinski definition) is 2. The molecule has 0 aromatic heterocycles. The van der Waals surface area contributed by atoms with Gasteiger partial charge in [-0.05, 0) is 43.9 Å². The van der Waals surface area contributed by atoms with E-state index < -0.39 is 17.4 Å². The summed E-state index contributed by atoms with van der Waals surface area (Å²) in [5, 5.41) is 5.07. The lowest BCUT2D eigenvalue weighted by Crippen LogP contribution is -2.99. The normalized spacial score (nSPS) is 33.7. The van der Waals surface area contributed by atoms with Gasteiger partial charge in [-0.15, -0.1) is 0 Å². The summed E-state index contributed by atoms with van der Waals surface area (Å²) < 4.78 is 0. The number of carbonyl (C=O) groups is 3. The van der Waals surface area contributed by atoms with Crippen molar-refractivity contribution in [2.24, 2.45) is 11.8 Å². The third-order valence-electron chi connectivity index (χ3n) is 7.40. The van der Waals surface area contributed by atoms with Crippen molar-refractivity contribution >= 4 is 35.2 Å². The number of aryl methyl sites for hydroxylation is 1. The smallest absolute Gasteiger partial charge is 0.291 e. The average molecular weight is 415 g/mol. The molecule has 0 bridgehead atoms. The van der Waals surface area contributed by atoms with E-state index in [4.69, 9.17) is 0 Å². The van der Waals surface area contributed by atoms with Crippen LogP contribution < -0.4 is 10.6 Å². The van der Waals surface area contributed by atoms with Gasteiger partial charge in [-0.1, -0.05) is 24.5 Å². The zero-order valence-electron chi connectivity index (χ0n) is 16.9. The number of nitrogens with one attached hydrogen (secondary N) is 1. The molecule has 1 aliphatic carbocycles. The van der Waals surface area contributed by atoms with Crippen LogP contribution in [-0.2, 0) is 19.9 Å². The Kier molecular flexibility index (Phi) is 4.51. The lowest BCUT2D eigenvalue weighted by molar-refractivity contribution is -0.733. The number of rotatable bonds is 4. The fraction of sp³-hybridized carbons (Fsp3) is 0.591. The molecule has 4 aliphatic rings. The Morgan fingerprint density at radius 1 is 1.21 bits per heavy atom. The summed E-state index contributed by atoms with van der Waals surface area (Å²) in [6.45, 7) is 2.00. The van der Waals surface area contributed by atoms with Gasteiger partial charge in [0.2, 0.25) is 17.4 Å². The number of nitrogens with two attached hydrogens (primary N) is 1. The minimum atomic E-state index is -1.02. The van der Waals surface area contributed by atoms with Crippen LogP contribution in [0.3, 0.4) is 0 Å². The van der Waals surface area contributed by atoms with Crippen molar-refractivity contribution in [3.05, 3.63) is 29.3 Å². The zero-order valence-corrected chi connectivity index (χ0v) is 17.8. The van der Waals surface area contributed by atoms with Gasteiger partial charge in [0.1, 0.15) is 17.9 Å². The van der Waals surface area contributed by atoms with E-state index in [1.165, 1.54) is 0 Å². The van der Waals surface area contributed by atoms with Gasteiger partial charge in [0, 0.05) is 18.0 Å². The summed E-state index contributed by atoms with van der Waals surface area (Å²) in [6.07, 6.45) is 6.78. The average Bonchev–Trinajstić information content (AvgIpc) is 3.43. The molecule has 29 heavy (non-hydrogen) atoms. The van der Waals surface area contributed by atoms with Crippen LogP contribution in [0.25, 0.3) is 0 Å². The maximum atomic E-state index is 13.7. The molecule has 6 nitrogen and oxygen atoms in total. The molecule has 2 saturated heterocycles. The molecule has 1 aromatic carbocycles. The van der Waals surface area contributed by atoms with E-state index >= 15 is 0 Å². The molecule has 7 heteroatoms. The van der Waals surface area contributed by atoms with Crippen LogP contribution in [0.5, 0.6) is 0 Å². The molecule has 3 N–H and O–H groups in total. The van der Waals surface area contributed by atoms with E-state index in [0.717, 1.165) is 54.7 Å². The van der Waals surface area contributed by atoms with Gasteiger partial charge in [-0.25, -0.2) is 0 Å². The predicted octanol–water partition coefficient (Wildman–Crippen LogP) is 1.38. The first-order valence-corrected chi connectivity index (χ1v) is 12.0. The molecule has 154 valence electrons. The Morgan fingerprint density at radius 2 is 1.97 bits per heavy atom. The van der Waals surface area contributed by atoms with Crippen LogP contribution in [0, 0.1) is 18.8 Å². The highest BCUT2D eigenvalue weighted by Crippen LogP contribution is 2.50. The number of likely N-dealkylation sites (tertiary alicyclic amines) is 1. The van der Waals surface area contributed by atoms with E-state index in [2.05, 4.69) is 16.9 Å². The minimum absolute atomic E-state index is 0.0142. The van der Waals surface area contributed by atoms with Gasteiger partial charge in [0.25, 0.3) is 5.91 Å². The summed E-state index contributed by atoms with van der Waals surface area (Å²) in [7, 11) is 0. The number of thioether (sulfide) groups is 1. The van der Waals surface area contributed by atoms with Crippen LogP contribution >= 0.6 is 11.8 Å². The van der Waals surface area contributed by atoms with Crippen molar-refractivity contribution in [1.29, 1.82) is 0 Å². The minimum Gasteiger partial charge on any atom is -0.326 e. The third-order valence-corrected chi connectivity index (χ3v) is 8.05. The van der Waals surface area contributed by atoms with Crippen LogP contribution in [0.4, 0.5) is 5.69 Å². The Morgan fingerprint density at radius 3 is 2.69 bits per heavy atom. The van der Waals surface area contributed by atoms with Crippen LogP contribution in [0.15, 0.2) is 18.2 Å². The number of anilines is 1. The first-order chi connectivity index (χ1) is 14.0. The quantitative estimate of drug-likeness (QED) is 0.730. The van der Waals surface area contributed by atoms with Crippen LogP contribution in [0.1, 0.15) is 43.2 Å². The van der Waals surface area contributed by atoms with E-state index in [9.17, 15) is 14.4 Å². The fourth-order valence-corrected chi connectivity index (χ4v) is 6.65. The van der Waals surface area contributed by atoms with Gasteiger partial charge < -0.3 is 10.6 Å². The summed E-state index contributed by atoms with van der Waals surface area (Å²) >= 11 is 1.74. The highest BCUT2D eigenvalue weighted by atomic mass is 32.2. The second kappa shape index (κ2) is 6.84. The number of amides is 3. The van der Waals surface area contributed by atoms with Crippen molar-refractivity contribution in [2.45, 2.75) is 56.7 Å². The van der Waals surface area contributed by atoms with Crippen molar-refractivity contribution < 1.29 is 19.7 Å². The van der Waals surface area contributed by atoms with Crippen molar-refractivity contribution in [2.75, 3.05) is 17.3 Å². The number of nitrogens with zero attached hydrogens (tertiary/aromatic N) is 1. The first kappa shape index (κ1) is 19.1. The Balaban J connectivity index is 1.63. The zero-order chi connectivity index (χ0) is 20.3. The molecule has 3 amide bonds. The van der Waals surface area contributed by atoms with Gasteiger partial charge in [0.15, 0.2) is 0 Å². The SMILES string of the molecule is CSCC[C@H]1[NH2+][C@]2(C(=O)Nc3ccc(C)cc32)[C@@H]2C(=O)N(C3CCCC3)C(=O)[C@@H]21. The molecule has 3 heterocycles. The molecular weight excluding hydrogens is 386 g/mol. The van der Waals surface area contributed by atoms with Crippen molar-refractivity contribution in [3.63, 3.8) is 0 Å². The van der Waals surface area contributed by atoms with Gasteiger partial charge in [-0.3, -0.25) is 19.3 Å². The van der Waals surface area contributed by atoms with Crippen LogP contribution in [0.2, 0.25) is 0 Å². The summed E-state index contributed by atoms with van der Waals surface area (Å²) in [6, 6.07) is 5.88. The van der Waals surface area contributed by atoms with Gasteiger partial charge in [0.05, 0.1) is 5.69 Å². The third kappa shape index (κ3) is 2.56. The Labute approximate surface area is 175 Å². The van der Waals surface area contributed by atoms with Gasteiger partial charge in [-0.2, -0.15) is 11.8 Å². The molecule has 1 saturated carbocycles. The topological polar surface area (TPSA) is 83.1 Å². The maximum Gasteiger partial charge on any atom is 0.291 e. The summed E-state index contributed by atoms with van der Waals surface area (Å²) in [5.41, 5.74) is 1.69. The van der Waals surface area contributed by atoms with E-state index in [0.29, 0.717) is 0 Å². The molecule has 0 unspecified atom stereocenters. The van der Waals surface area contributed by atoms with E-state index in [-0.39, 0.29) is 29.8 Å². The predicted molar refractivity (Wildman–Crippen MR) is 111 cm³/mol. The lowest BCUT2D eigenvalue weighted by Gasteiger charge is -2.29. The number of fused-ring (bicyclic) bond motifs is 4. The number of hydrogen-bond acceptors (Lipinski definition) is 4. The largest absolute Gasteiger partial charge is 0.326 e. The van der Waals surface area contributed by atoms with E-state index in [1.807, 2.05) is 25.1 Å². The van der Waals surface area contributed by atoms with Crippen LogP contribution in [-0.4, -0.2) is 46.7 Å². The highest BCUT2D eigenvalue weighted by Gasteiger charge is 2.74. The number of quaternary nitrogens is 1. The molecule has 3 aliphatic heterocycles. The maximum absolute atomic E-state index is 13.7. The summed E-state index contributed by atoms with van der Waals surface area (Å²) in [5.74, 6) is -0.417. The lowest BCUT2D eigenvalue weighted by atomic mass is 9.76.